The second-order valence-electron chi connectivity index (χ2n) is 6.97. The van der Waals surface area contributed by atoms with Gasteiger partial charge in [-0.25, -0.2) is 0 Å². The number of para-hydroxylation sites is 1. The Morgan fingerprint density at radius 3 is 2.91 bits per heavy atom. The molecule has 0 aromatic heterocycles. The Balaban J connectivity index is 1.30. The van der Waals surface area contributed by atoms with Crippen molar-refractivity contribution in [2.45, 2.75) is 31.7 Å². The van der Waals surface area contributed by atoms with Crippen LogP contribution in [0.4, 0.5) is 0 Å². The molecule has 1 aromatic carbocycles. The number of carbonyl (C=O) groups excluding carboxylic acids is 1. The molecule has 1 aromatic rings. The molecule has 2 fully saturated rings. The molecule has 4 atom stereocenters. The van der Waals surface area contributed by atoms with Crippen molar-refractivity contribution in [2.75, 3.05) is 19.8 Å². The number of fused-ring (bicyclic) bond motifs is 2. The highest BCUT2D eigenvalue weighted by molar-refractivity contribution is 5.79. The first kappa shape index (κ1) is 14.8. The van der Waals surface area contributed by atoms with E-state index in [0.29, 0.717) is 37.6 Å². The van der Waals surface area contributed by atoms with Crippen molar-refractivity contribution in [3.63, 3.8) is 0 Å². The largest absolute Gasteiger partial charge is 0.486 e. The molecule has 5 nitrogen and oxygen atoms in total. The van der Waals surface area contributed by atoms with E-state index in [2.05, 4.69) is 5.32 Å². The molecular weight excluding hydrogens is 292 g/mol. The molecule has 3 N–H and O–H groups in total. The molecule has 3 aliphatic rings. The van der Waals surface area contributed by atoms with Gasteiger partial charge in [0.15, 0.2) is 11.5 Å². The summed E-state index contributed by atoms with van der Waals surface area (Å²) < 4.78 is 11.3. The summed E-state index contributed by atoms with van der Waals surface area (Å²) in [6.45, 7) is 1.82. The minimum Gasteiger partial charge on any atom is -0.486 e. The van der Waals surface area contributed by atoms with E-state index in [1.165, 1.54) is 0 Å². The molecule has 0 saturated heterocycles. The van der Waals surface area contributed by atoms with Gasteiger partial charge < -0.3 is 20.5 Å². The van der Waals surface area contributed by atoms with E-state index in [0.717, 1.165) is 42.7 Å². The Hall–Kier alpha value is -1.75. The molecule has 2 aliphatic carbocycles. The SMILES string of the molecule is N[C@@H]1C[C@@H]2CC(C(=O)NCCc3cccc4c3OCCO4)C[C@@H]21. The third kappa shape index (κ3) is 2.78. The maximum absolute atomic E-state index is 12.3. The van der Waals surface area contributed by atoms with Gasteiger partial charge in [-0.1, -0.05) is 12.1 Å². The van der Waals surface area contributed by atoms with E-state index >= 15 is 0 Å². The van der Waals surface area contributed by atoms with Crippen LogP contribution in [0.1, 0.15) is 24.8 Å². The van der Waals surface area contributed by atoms with Gasteiger partial charge in [0.05, 0.1) is 0 Å². The van der Waals surface area contributed by atoms with Gasteiger partial charge in [-0.3, -0.25) is 4.79 Å². The van der Waals surface area contributed by atoms with E-state index in [1.807, 2.05) is 18.2 Å². The normalized spacial score (nSPS) is 31.2. The summed E-state index contributed by atoms with van der Waals surface area (Å²) in [4.78, 5) is 12.3. The van der Waals surface area contributed by atoms with Crippen molar-refractivity contribution in [1.29, 1.82) is 0 Å². The Morgan fingerprint density at radius 1 is 1.22 bits per heavy atom. The van der Waals surface area contributed by atoms with Crippen molar-refractivity contribution in [3.05, 3.63) is 23.8 Å². The Morgan fingerprint density at radius 2 is 2.09 bits per heavy atom. The van der Waals surface area contributed by atoms with E-state index in [9.17, 15) is 4.79 Å². The molecule has 0 radical (unpaired) electrons. The first-order chi connectivity index (χ1) is 11.2. The second kappa shape index (κ2) is 6.04. The lowest BCUT2D eigenvalue weighted by Crippen LogP contribution is -2.44. The molecule has 124 valence electrons. The third-order valence-electron chi connectivity index (χ3n) is 5.59. The molecule has 1 heterocycles. The van der Waals surface area contributed by atoms with Gasteiger partial charge in [-0.05, 0) is 49.1 Å². The highest BCUT2D eigenvalue weighted by Gasteiger charge is 2.47. The van der Waals surface area contributed by atoms with E-state index < -0.39 is 0 Å². The quantitative estimate of drug-likeness (QED) is 0.883. The lowest BCUT2D eigenvalue weighted by molar-refractivity contribution is -0.124. The van der Waals surface area contributed by atoms with Crippen LogP contribution in [0.5, 0.6) is 11.5 Å². The van der Waals surface area contributed by atoms with Crippen LogP contribution >= 0.6 is 0 Å². The zero-order valence-corrected chi connectivity index (χ0v) is 13.3. The molecule has 2 saturated carbocycles. The summed E-state index contributed by atoms with van der Waals surface area (Å²) in [7, 11) is 0. The van der Waals surface area contributed by atoms with Crippen LogP contribution in [0.15, 0.2) is 18.2 Å². The highest BCUT2D eigenvalue weighted by Crippen LogP contribution is 2.48. The number of nitrogens with two attached hydrogens (primary N) is 1. The van der Waals surface area contributed by atoms with Crippen molar-refractivity contribution in [2.24, 2.45) is 23.5 Å². The van der Waals surface area contributed by atoms with E-state index in [-0.39, 0.29) is 11.8 Å². The predicted molar refractivity (Wildman–Crippen MR) is 86.4 cm³/mol. The van der Waals surface area contributed by atoms with Crippen molar-refractivity contribution < 1.29 is 14.3 Å². The fourth-order valence-corrected chi connectivity index (χ4v) is 4.29. The molecule has 4 rings (SSSR count). The maximum Gasteiger partial charge on any atom is 0.223 e. The topological polar surface area (TPSA) is 73.6 Å². The van der Waals surface area contributed by atoms with Crippen LogP contribution in [0.2, 0.25) is 0 Å². The molecule has 0 spiro atoms. The van der Waals surface area contributed by atoms with Crippen LogP contribution < -0.4 is 20.5 Å². The number of benzene rings is 1. The summed E-state index contributed by atoms with van der Waals surface area (Å²) in [6.07, 6.45) is 3.84. The number of carbonyl (C=O) groups is 1. The van der Waals surface area contributed by atoms with Gasteiger partial charge in [0.1, 0.15) is 13.2 Å². The van der Waals surface area contributed by atoms with Gasteiger partial charge in [0.2, 0.25) is 5.91 Å². The number of rotatable bonds is 4. The lowest BCUT2D eigenvalue weighted by atomic mass is 9.72. The Bertz CT molecular complexity index is 604. The first-order valence-electron chi connectivity index (χ1n) is 8.63. The fourth-order valence-electron chi connectivity index (χ4n) is 4.29. The van der Waals surface area contributed by atoms with Crippen molar-refractivity contribution in [1.82, 2.24) is 5.32 Å². The lowest BCUT2D eigenvalue weighted by Gasteiger charge is -2.37. The smallest absolute Gasteiger partial charge is 0.223 e. The third-order valence-corrected chi connectivity index (χ3v) is 5.59. The number of nitrogens with one attached hydrogen (secondary N) is 1. The molecular formula is C18H24N2O3. The fraction of sp³-hybridized carbons (Fsp3) is 0.611. The van der Waals surface area contributed by atoms with Gasteiger partial charge in [-0.2, -0.15) is 0 Å². The molecule has 1 aliphatic heterocycles. The predicted octanol–water partition coefficient (Wildman–Crippen LogP) is 1.49. The first-order valence-corrected chi connectivity index (χ1v) is 8.63. The van der Waals surface area contributed by atoms with Crippen LogP contribution in [0, 0.1) is 17.8 Å². The zero-order chi connectivity index (χ0) is 15.8. The maximum atomic E-state index is 12.3. The average molecular weight is 316 g/mol. The highest BCUT2D eigenvalue weighted by atomic mass is 16.6. The van der Waals surface area contributed by atoms with E-state index in [1.54, 1.807) is 0 Å². The number of ether oxygens (including phenoxy) is 2. The summed E-state index contributed by atoms with van der Waals surface area (Å²) in [5.74, 6) is 3.25. The summed E-state index contributed by atoms with van der Waals surface area (Å²) in [5, 5.41) is 3.09. The Kier molecular flexibility index (Phi) is 3.89. The molecule has 23 heavy (non-hydrogen) atoms. The zero-order valence-electron chi connectivity index (χ0n) is 13.3. The van der Waals surface area contributed by atoms with Gasteiger partial charge >= 0.3 is 0 Å². The molecule has 5 heteroatoms. The minimum absolute atomic E-state index is 0.155. The van der Waals surface area contributed by atoms with Crippen molar-refractivity contribution >= 4 is 5.91 Å². The number of hydrogen-bond donors (Lipinski definition) is 2. The number of amides is 1. The Labute approximate surface area is 136 Å². The van der Waals surface area contributed by atoms with Crippen LogP contribution in [-0.4, -0.2) is 31.7 Å². The van der Waals surface area contributed by atoms with E-state index in [4.69, 9.17) is 15.2 Å². The summed E-state index contributed by atoms with van der Waals surface area (Å²) in [5.41, 5.74) is 7.10. The minimum atomic E-state index is 0.155. The average Bonchev–Trinajstić information content (AvgIpc) is 2.92. The monoisotopic (exact) mass is 316 g/mol. The standard InChI is InChI=1S/C18H24N2O3/c19-15-10-12-8-13(9-14(12)15)18(21)20-5-4-11-2-1-3-16-17(11)23-7-6-22-16/h1-3,12-15H,4-10,19H2,(H,20,21)/t12-,13?,14-,15+/m0/s1. The second-order valence-corrected chi connectivity index (χ2v) is 6.97. The molecule has 0 bridgehead atoms. The number of hydrogen-bond acceptors (Lipinski definition) is 4. The molecule has 1 unspecified atom stereocenters. The van der Waals surface area contributed by atoms with Crippen LogP contribution in [0.25, 0.3) is 0 Å². The van der Waals surface area contributed by atoms with Crippen LogP contribution in [-0.2, 0) is 11.2 Å². The molecule has 1 amide bonds. The van der Waals surface area contributed by atoms with Gasteiger partial charge in [0, 0.05) is 18.5 Å². The van der Waals surface area contributed by atoms with Crippen molar-refractivity contribution in [3.8, 4) is 11.5 Å². The summed E-state index contributed by atoms with van der Waals surface area (Å²) >= 11 is 0. The van der Waals surface area contributed by atoms with Gasteiger partial charge in [0.25, 0.3) is 0 Å². The van der Waals surface area contributed by atoms with Crippen LogP contribution in [0.3, 0.4) is 0 Å². The van der Waals surface area contributed by atoms with Gasteiger partial charge in [-0.15, -0.1) is 0 Å². The summed E-state index contributed by atoms with van der Waals surface area (Å²) in [6, 6.07) is 6.26.